The summed E-state index contributed by atoms with van der Waals surface area (Å²) < 4.78 is 12.3. The highest BCUT2D eigenvalue weighted by molar-refractivity contribution is 5.95. The Balaban J connectivity index is 1.43. The van der Waals surface area contributed by atoms with Crippen LogP contribution in [0.3, 0.4) is 0 Å². The van der Waals surface area contributed by atoms with Gasteiger partial charge in [-0.25, -0.2) is 0 Å². The lowest BCUT2D eigenvalue weighted by atomic mass is 9.77. The van der Waals surface area contributed by atoms with E-state index in [0.717, 1.165) is 44.1 Å². The van der Waals surface area contributed by atoms with Gasteiger partial charge in [-0.15, -0.1) is 6.58 Å². The van der Waals surface area contributed by atoms with Gasteiger partial charge in [0.25, 0.3) is 0 Å². The van der Waals surface area contributed by atoms with Crippen molar-refractivity contribution >= 4 is 11.6 Å². The molecule has 1 aromatic rings. The third kappa shape index (κ3) is 7.71. The molecule has 0 radical (unpaired) electrons. The molecule has 43 heavy (non-hydrogen) atoms. The minimum absolute atomic E-state index is 0.0116. The van der Waals surface area contributed by atoms with Crippen LogP contribution in [0.5, 0.6) is 0 Å². The lowest BCUT2D eigenvalue weighted by molar-refractivity contribution is -0.129. The molecule has 236 valence electrons. The van der Waals surface area contributed by atoms with E-state index in [1.807, 2.05) is 13.8 Å². The number of hydrogen-bond donors (Lipinski definition) is 1. The van der Waals surface area contributed by atoms with E-state index in [-0.39, 0.29) is 52.8 Å². The van der Waals surface area contributed by atoms with Crippen LogP contribution in [0.25, 0.3) is 0 Å². The van der Waals surface area contributed by atoms with Crippen molar-refractivity contribution < 1.29 is 19.1 Å². The largest absolute Gasteiger partial charge is 0.477 e. The van der Waals surface area contributed by atoms with Crippen LogP contribution in [-0.4, -0.2) is 36.9 Å². The molecule has 3 aliphatic carbocycles. The van der Waals surface area contributed by atoms with E-state index in [4.69, 9.17) is 9.47 Å². The maximum Gasteiger partial charge on any atom is 0.180 e. The molecule has 0 saturated heterocycles. The van der Waals surface area contributed by atoms with Crippen molar-refractivity contribution in [2.24, 2.45) is 40.9 Å². The Morgan fingerprint density at radius 2 is 1.79 bits per heavy atom. The Bertz CT molecular complexity index is 1160. The summed E-state index contributed by atoms with van der Waals surface area (Å²) in [7, 11) is 0. The highest BCUT2D eigenvalue weighted by Crippen LogP contribution is 2.70. The number of carbonyl (C=O) groups excluding carboxylic acids is 2. The van der Waals surface area contributed by atoms with E-state index in [1.54, 1.807) is 6.08 Å². The van der Waals surface area contributed by atoms with Gasteiger partial charge in [0.2, 0.25) is 0 Å². The molecule has 0 spiro atoms. The molecule has 1 N–H and O–H groups in total. The fourth-order valence-electron chi connectivity index (χ4n) is 8.21. The minimum Gasteiger partial charge on any atom is -0.477 e. The number of fused-ring (bicyclic) bond motifs is 2. The highest BCUT2D eigenvalue weighted by atomic mass is 16.5. The third-order valence-corrected chi connectivity index (χ3v) is 10.5. The highest BCUT2D eigenvalue weighted by Gasteiger charge is 2.68. The van der Waals surface area contributed by atoms with Crippen molar-refractivity contribution in [2.45, 2.75) is 98.1 Å². The first-order valence-electron chi connectivity index (χ1n) is 16.6. The molecule has 0 amide bonds. The zero-order chi connectivity index (χ0) is 31.3. The molecule has 0 aromatic heterocycles. The number of allylic oxidation sites excluding steroid dienone is 2. The Kier molecular flexibility index (Phi) is 11.1. The Labute approximate surface area is 260 Å². The summed E-state index contributed by atoms with van der Waals surface area (Å²) in [6.45, 7) is 24.0. The van der Waals surface area contributed by atoms with Gasteiger partial charge in [0.15, 0.2) is 17.4 Å². The van der Waals surface area contributed by atoms with Gasteiger partial charge in [-0.05, 0) is 111 Å². The van der Waals surface area contributed by atoms with Gasteiger partial charge in [0.05, 0.1) is 18.8 Å². The van der Waals surface area contributed by atoms with Crippen LogP contribution >= 0.6 is 0 Å². The van der Waals surface area contributed by atoms with Crippen LogP contribution in [0, 0.1) is 40.9 Å². The van der Waals surface area contributed by atoms with Gasteiger partial charge >= 0.3 is 0 Å². The molecule has 1 aromatic carbocycles. The second kappa shape index (κ2) is 14.4. The summed E-state index contributed by atoms with van der Waals surface area (Å²) in [5.74, 6) is 2.42. The van der Waals surface area contributed by atoms with Crippen LogP contribution in [0.15, 0.2) is 61.5 Å². The molecule has 2 fully saturated rings. The average Bonchev–Trinajstić information content (AvgIpc) is 3.31. The smallest absolute Gasteiger partial charge is 0.180 e. The van der Waals surface area contributed by atoms with Crippen LogP contribution in [0.4, 0.5) is 0 Å². The molecule has 2 saturated carbocycles. The molecule has 0 bridgehead atoms. The van der Waals surface area contributed by atoms with Crippen molar-refractivity contribution in [2.75, 3.05) is 13.2 Å². The fourth-order valence-corrected chi connectivity index (χ4v) is 8.21. The molecule has 5 nitrogen and oxygen atoms in total. The van der Waals surface area contributed by atoms with E-state index >= 15 is 0 Å². The minimum atomic E-state index is -0.342. The van der Waals surface area contributed by atoms with Gasteiger partial charge in [0, 0.05) is 18.9 Å². The van der Waals surface area contributed by atoms with Crippen LogP contribution in [0.1, 0.15) is 84.3 Å². The number of ether oxygens (including phenoxy) is 2. The number of nitrogens with one attached hydrogen (secondary N) is 1. The molecule has 5 heteroatoms. The van der Waals surface area contributed by atoms with E-state index < -0.39 is 0 Å². The molecule has 0 aliphatic heterocycles. The molecular formula is C38H55NO4. The van der Waals surface area contributed by atoms with E-state index in [9.17, 15) is 9.59 Å². The predicted molar refractivity (Wildman–Crippen MR) is 174 cm³/mol. The Morgan fingerprint density at radius 1 is 1.12 bits per heavy atom. The first kappa shape index (κ1) is 33.2. The van der Waals surface area contributed by atoms with Crippen LogP contribution < -0.4 is 5.32 Å². The molecular weight excluding hydrogens is 534 g/mol. The van der Waals surface area contributed by atoms with Gasteiger partial charge in [-0.2, -0.15) is 0 Å². The number of rotatable bonds is 19. The molecule has 4 rings (SSSR count). The quantitative estimate of drug-likeness (QED) is 0.0777. The van der Waals surface area contributed by atoms with Gasteiger partial charge in [-0.3, -0.25) is 9.59 Å². The van der Waals surface area contributed by atoms with Gasteiger partial charge in [0.1, 0.15) is 0 Å². The normalized spacial score (nSPS) is 25.0. The lowest BCUT2D eigenvalue weighted by Crippen LogP contribution is -2.48. The maximum absolute atomic E-state index is 14.5. The second-order valence-electron chi connectivity index (χ2n) is 14.1. The summed E-state index contributed by atoms with van der Waals surface area (Å²) in [6, 6.07) is 8.21. The van der Waals surface area contributed by atoms with E-state index in [2.05, 4.69) is 70.1 Å². The standard InChI is InChI=1S/C38H55NO4/c1-9-11-17-34(40)25(5)27(14-10-2)18-19-42-23-32-31(22-33-35(32)38(33,7)8)37(41)36(39-26(6)43-24(3)4)30-20-28-15-12-13-16-29(28)21-30/h9,12-13,15-16,24,27,30-33,35-36,39H,1,5-6,10-11,14,17-23H2,2-4,7-8H3. The third-order valence-electron chi connectivity index (χ3n) is 10.5. The molecule has 6 atom stereocenters. The first-order valence-corrected chi connectivity index (χ1v) is 16.6. The van der Waals surface area contributed by atoms with Crippen molar-refractivity contribution in [3.63, 3.8) is 0 Å². The predicted octanol–water partition coefficient (Wildman–Crippen LogP) is 7.65. The van der Waals surface area contributed by atoms with Crippen LogP contribution in [0.2, 0.25) is 0 Å². The van der Waals surface area contributed by atoms with Gasteiger partial charge in [-0.1, -0.05) is 64.1 Å². The summed E-state index contributed by atoms with van der Waals surface area (Å²) in [4.78, 5) is 27.1. The number of hydrogen-bond acceptors (Lipinski definition) is 5. The Morgan fingerprint density at radius 3 is 2.40 bits per heavy atom. The first-order chi connectivity index (χ1) is 20.5. The number of ketones is 2. The number of Topliss-reactive ketones (excluding diaryl/α,β-unsaturated/α-hetero) is 2. The molecule has 3 aliphatic rings. The zero-order valence-electron chi connectivity index (χ0n) is 27.3. The summed E-state index contributed by atoms with van der Waals surface area (Å²) in [6.07, 6.45) is 8.34. The summed E-state index contributed by atoms with van der Waals surface area (Å²) >= 11 is 0. The van der Waals surface area contributed by atoms with E-state index in [0.29, 0.717) is 43.8 Å². The fraction of sp³-hybridized carbons (Fsp3) is 0.632. The molecule has 6 unspecified atom stereocenters. The summed E-state index contributed by atoms with van der Waals surface area (Å²) in [5.41, 5.74) is 3.64. The Hall–Kier alpha value is -2.66. The van der Waals surface area contributed by atoms with E-state index in [1.165, 1.54) is 11.1 Å². The second-order valence-corrected chi connectivity index (χ2v) is 14.1. The summed E-state index contributed by atoms with van der Waals surface area (Å²) in [5, 5.41) is 3.45. The monoisotopic (exact) mass is 589 g/mol. The zero-order valence-corrected chi connectivity index (χ0v) is 27.3. The topological polar surface area (TPSA) is 64.6 Å². The van der Waals surface area contributed by atoms with Crippen molar-refractivity contribution in [3.05, 3.63) is 72.7 Å². The van der Waals surface area contributed by atoms with Crippen LogP contribution in [-0.2, 0) is 31.9 Å². The lowest BCUT2D eigenvalue weighted by Gasteiger charge is -2.32. The number of benzene rings is 1. The van der Waals surface area contributed by atoms with Crippen molar-refractivity contribution in [1.82, 2.24) is 5.32 Å². The average molecular weight is 590 g/mol. The van der Waals surface area contributed by atoms with Crippen molar-refractivity contribution in [3.8, 4) is 0 Å². The number of carbonyl (C=O) groups is 2. The van der Waals surface area contributed by atoms with Gasteiger partial charge < -0.3 is 14.8 Å². The SMILES string of the molecule is C=CCCC(=O)C(=C)C(CCC)CCOCC1C(C(=O)C(NC(=C)OC(C)C)C2Cc3ccccc3C2)CC2C1C2(C)C. The molecule has 0 heterocycles. The van der Waals surface area contributed by atoms with Crippen molar-refractivity contribution in [1.29, 1.82) is 0 Å². The maximum atomic E-state index is 14.5.